The summed E-state index contributed by atoms with van der Waals surface area (Å²) in [7, 11) is 0. The minimum atomic E-state index is -0.0506. The number of amides is 1. The molecule has 0 spiro atoms. The Morgan fingerprint density at radius 2 is 1.96 bits per heavy atom. The fraction of sp³-hybridized carbons (Fsp3) is 0.600. The summed E-state index contributed by atoms with van der Waals surface area (Å²) in [6.07, 6.45) is 3.04. The molecule has 0 saturated heterocycles. The van der Waals surface area contributed by atoms with Crippen LogP contribution in [0, 0.1) is 0 Å². The lowest BCUT2D eigenvalue weighted by atomic mass is 10.1. The van der Waals surface area contributed by atoms with Crippen molar-refractivity contribution >= 4 is 11.9 Å². The van der Waals surface area contributed by atoms with E-state index in [-0.39, 0.29) is 12.5 Å². The van der Waals surface area contributed by atoms with Crippen molar-refractivity contribution in [2.75, 3.05) is 39.5 Å². The molecule has 1 aliphatic carbocycles. The monoisotopic (exact) mass is 376 g/mol. The van der Waals surface area contributed by atoms with Gasteiger partial charge in [0.1, 0.15) is 5.75 Å². The van der Waals surface area contributed by atoms with Crippen LogP contribution in [0.2, 0.25) is 0 Å². The molecule has 7 heteroatoms. The fourth-order valence-electron chi connectivity index (χ4n) is 2.43. The molecule has 1 fully saturated rings. The largest absolute Gasteiger partial charge is 0.484 e. The van der Waals surface area contributed by atoms with E-state index in [1.165, 1.54) is 5.56 Å². The highest BCUT2D eigenvalue weighted by molar-refractivity contribution is 5.79. The molecule has 0 radical (unpaired) electrons. The summed E-state index contributed by atoms with van der Waals surface area (Å²) >= 11 is 0. The highest BCUT2D eigenvalue weighted by atomic mass is 16.5. The zero-order valence-corrected chi connectivity index (χ0v) is 16.4. The Morgan fingerprint density at radius 1 is 1.19 bits per heavy atom. The summed E-state index contributed by atoms with van der Waals surface area (Å²) in [5.41, 5.74) is 1.20. The number of benzene rings is 1. The van der Waals surface area contributed by atoms with E-state index in [1.54, 1.807) is 0 Å². The molecule has 0 unspecified atom stereocenters. The topological polar surface area (TPSA) is 84.0 Å². The van der Waals surface area contributed by atoms with Gasteiger partial charge in [-0.25, -0.2) is 0 Å². The van der Waals surface area contributed by atoms with Crippen LogP contribution in [-0.2, 0) is 16.0 Å². The highest BCUT2D eigenvalue weighted by Gasteiger charge is 2.23. The first-order chi connectivity index (χ1) is 13.2. The van der Waals surface area contributed by atoms with Crippen LogP contribution in [0.1, 0.15) is 32.3 Å². The predicted octanol–water partition coefficient (Wildman–Crippen LogP) is 1.48. The van der Waals surface area contributed by atoms with E-state index in [0.717, 1.165) is 38.3 Å². The van der Waals surface area contributed by atoms with Crippen LogP contribution in [0.3, 0.4) is 0 Å². The molecule has 150 valence electrons. The van der Waals surface area contributed by atoms with E-state index in [9.17, 15) is 4.79 Å². The molecule has 1 aromatic carbocycles. The van der Waals surface area contributed by atoms with Gasteiger partial charge < -0.3 is 25.4 Å². The molecule has 0 atom stereocenters. The molecule has 27 heavy (non-hydrogen) atoms. The molecule has 2 rings (SSSR count). The maximum absolute atomic E-state index is 11.6. The second-order valence-corrected chi connectivity index (χ2v) is 6.41. The Labute approximate surface area is 161 Å². The van der Waals surface area contributed by atoms with E-state index in [2.05, 4.69) is 20.9 Å². The average Bonchev–Trinajstić information content (AvgIpc) is 3.48. The van der Waals surface area contributed by atoms with Gasteiger partial charge in [0.15, 0.2) is 12.6 Å². The van der Waals surface area contributed by atoms with Crippen LogP contribution in [0.15, 0.2) is 29.3 Å². The summed E-state index contributed by atoms with van der Waals surface area (Å²) in [4.78, 5) is 16.1. The van der Waals surface area contributed by atoms with Crippen molar-refractivity contribution in [1.82, 2.24) is 16.0 Å². The molecule has 7 nitrogen and oxygen atoms in total. The second kappa shape index (κ2) is 12.2. The number of hydrogen-bond acceptors (Lipinski definition) is 4. The standard InChI is InChI=1S/C20H32N4O3/c1-3-21-20(23-13-14-26-4-2)22-12-11-16-5-9-18(10-6-16)27-15-19(25)24-17-7-8-17/h5-6,9-10,17H,3-4,7-8,11-15H2,1-2H3,(H,24,25)(H2,21,22,23). The third-order valence-corrected chi connectivity index (χ3v) is 4.00. The van der Waals surface area contributed by atoms with Gasteiger partial charge >= 0.3 is 0 Å². The van der Waals surface area contributed by atoms with E-state index in [0.29, 0.717) is 31.5 Å². The van der Waals surface area contributed by atoms with Crippen LogP contribution in [-0.4, -0.2) is 57.4 Å². The van der Waals surface area contributed by atoms with Gasteiger partial charge in [0.25, 0.3) is 5.91 Å². The number of guanidine groups is 1. The Hall–Kier alpha value is -2.28. The normalized spacial score (nSPS) is 13.9. The lowest BCUT2D eigenvalue weighted by molar-refractivity contribution is -0.123. The molecule has 3 N–H and O–H groups in total. The summed E-state index contributed by atoms with van der Waals surface area (Å²) in [6, 6.07) is 8.22. The Bertz CT molecular complexity index is 585. The van der Waals surface area contributed by atoms with Crippen LogP contribution >= 0.6 is 0 Å². The molecule has 0 aromatic heterocycles. The van der Waals surface area contributed by atoms with Crippen molar-refractivity contribution in [3.8, 4) is 5.75 Å². The SMILES string of the molecule is CCNC(=NCCOCC)NCCc1ccc(OCC(=O)NC2CC2)cc1. The zero-order valence-electron chi connectivity index (χ0n) is 16.4. The Morgan fingerprint density at radius 3 is 2.63 bits per heavy atom. The number of aliphatic imine (C=N–C) groups is 1. The summed E-state index contributed by atoms with van der Waals surface area (Å²) < 4.78 is 10.8. The van der Waals surface area contributed by atoms with E-state index in [1.807, 2.05) is 38.1 Å². The van der Waals surface area contributed by atoms with Gasteiger partial charge in [0.2, 0.25) is 0 Å². The molecule has 0 aliphatic heterocycles. The smallest absolute Gasteiger partial charge is 0.258 e. The molecule has 0 bridgehead atoms. The minimum absolute atomic E-state index is 0.0506. The average molecular weight is 377 g/mol. The van der Waals surface area contributed by atoms with Crippen molar-refractivity contribution in [1.29, 1.82) is 0 Å². The van der Waals surface area contributed by atoms with E-state index < -0.39 is 0 Å². The van der Waals surface area contributed by atoms with Gasteiger partial charge in [-0.15, -0.1) is 0 Å². The van der Waals surface area contributed by atoms with Crippen molar-refractivity contribution in [3.63, 3.8) is 0 Å². The van der Waals surface area contributed by atoms with Gasteiger partial charge in [0, 0.05) is 25.7 Å². The van der Waals surface area contributed by atoms with Crippen molar-refractivity contribution in [2.24, 2.45) is 4.99 Å². The zero-order chi connectivity index (χ0) is 19.3. The van der Waals surface area contributed by atoms with Gasteiger partial charge in [-0.3, -0.25) is 9.79 Å². The molecule has 1 aromatic rings. The lowest BCUT2D eigenvalue weighted by Gasteiger charge is -2.12. The first kappa shape index (κ1) is 21.0. The number of nitrogens with zero attached hydrogens (tertiary/aromatic N) is 1. The van der Waals surface area contributed by atoms with Gasteiger partial charge in [-0.1, -0.05) is 12.1 Å². The molecule has 1 amide bonds. The first-order valence-electron chi connectivity index (χ1n) is 9.82. The van der Waals surface area contributed by atoms with Crippen LogP contribution < -0.4 is 20.7 Å². The maximum atomic E-state index is 11.6. The van der Waals surface area contributed by atoms with Crippen LogP contribution in [0.25, 0.3) is 0 Å². The summed E-state index contributed by atoms with van der Waals surface area (Å²) in [6.45, 7) is 7.68. The lowest BCUT2D eigenvalue weighted by Crippen LogP contribution is -2.38. The first-order valence-corrected chi connectivity index (χ1v) is 9.82. The van der Waals surface area contributed by atoms with Crippen molar-refractivity contribution < 1.29 is 14.3 Å². The van der Waals surface area contributed by atoms with Gasteiger partial charge in [0.05, 0.1) is 13.2 Å². The quantitative estimate of drug-likeness (QED) is 0.292. The molecule has 1 aliphatic rings. The number of nitrogens with one attached hydrogen (secondary N) is 3. The minimum Gasteiger partial charge on any atom is -0.484 e. The Kier molecular flexibility index (Phi) is 9.48. The van der Waals surface area contributed by atoms with Gasteiger partial charge in [-0.05, 0) is 50.8 Å². The van der Waals surface area contributed by atoms with Crippen molar-refractivity contribution in [3.05, 3.63) is 29.8 Å². The third kappa shape index (κ3) is 9.28. The number of rotatable bonds is 12. The maximum Gasteiger partial charge on any atom is 0.258 e. The fourth-order valence-corrected chi connectivity index (χ4v) is 2.43. The predicted molar refractivity (Wildman–Crippen MR) is 107 cm³/mol. The molecular weight excluding hydrogens is 344 g/mol. The number of hydrogen-bond donors (Lipinski definition) is 3. The molecule has 0 heterocycles. The van der Waals surface area contributed by atoms with Crippen molar-refractivity contribution in [2.45, 2.75) is 39.2 Å². The Balaban J connectivity index is 1.67. The number of ether oxygens (including phenoxy) is 2. The molecule has 1 saturated carbocycles. The third-order valence-electron chi connectivity index (χ3n) is 4.00. The summed E-state index contributed by atoms with van der Waals surface area (Å²) in [5, 5.41) is 9.46. The number of carbonyl (C=O) groups excluding carboxylic acids is 1. The highest BCUT2D eigenvalue weighted by Crippen LogP contribution is 2.18. The summed E-state index contributed by atoms with van der Waals surface area (Å²) in [5.74, 6) is 1.47. The second-order valence-electron chi connectivity index (χ2n) is 6.41. The van der Waals surface area contributed by atoms with Crippen LogP contribution in [0.5, 0.6) is 5.75 Å². The number of carbonyl (C=O) groups is 1. The van der Waals surface area contributed by atoms with E-state index >= 15 is 0 Å². The van der Waals surface area contributed by atoms with Crippen LogP contribution in [0.4, 0.5) is 0 Å². The van der Waals surface area contributed by atoms with E-state index in [4.69, 9.17) is 9.47 Å². The molecular formula is C20H32N4O3. The van der Waals surface area contributed by atoms with Gasteiger partial charge in [-0.2, -0.15) is 0 Å².